The van der Waals surface area contributed by atoms with Gasteiger partial charge in [-0.15, -0.1) is 0 Å². The lowest BCUT2D eigenvalue weighted by atomic mass is 9.99. The Labute approximate surface area is 136 Å². The fourth-order valence-corrected chi connectivity index (χ4v) is 3.64. The third-order valence-corrected chi connectivity index (χ3v) is 4.78. The fraction of sp³-hybridized carbons (Fsp3) is 0.444. The predicted octanol–water partition coefficient (Wildman–Crippen LogP) is 2.53. The van der Waals surface area contributed by atoms with Crippen molar-refractivity contribution in [3.05, 3.63) is 54.0 Å². The van der Waals surface area contributed by atoms with E-state index in [1.165, 1.54) is 17.9 Å². The van der Waals surface area contributed by atoms with Crippen LogP contribution in [-0.2, 0) is 19.5 Å². The molecule has 0 amide bonds. The molecule has 1 atom stereocenters. The highest BCUT2D eigenvalue weighted by molar-refractivity contribution is 5.41. The smallest absolute Gasteiger partial charge is 0.137 e. The van der Waals surface area contributed by atoms with E-state index in [0.29, 0.717) is 5.92 Å². The molecule has 120 valence electrons. The molecule has 1 unspecified atom stereocenters. The molecule has 0 saturated carbocycles. The zero-order valence-electron chi connectivity index (χ0n) is 13.8. The van der Waals surface area contributed by atoms with Crippen molar-refractivity contribution in [1.29, 1.82) is 0 Å². The highest BCUT2D eigenvalue weighted by Gasteiger charge is 2.20. The van der Waals surface area contributed by atoms with Gasteiger partial charge < -0.3 is 13.9 Å². The lowest BCUT2D eigenvalue weighted by Gasteiger charge is -2.27. The van der Waals surface area contributed by atoms with Gasteiger partial charge in [0.25, 0.3) is 0 Å². The summed E-state index contributed by atoms with van der Waals surface area (Å²) >= 11 is 0. The van der Waals surface area contributed by atoms with Gasteiger partial charge in [-0.2, -0.15) is 0 Å². The van der Waals surface area contributed by atoms with Crippen molar-refractivity contribution in [1.82, 2.24) is 23.8 Å². The Hall–Kier alpha value is -2.14. The summed E-state index contributed by atoms with van der Waals surface area (Å²) in [6.45, 7) is 5.20. The van der Waals surface area contributed by atoms with Crippen LogP contribution >= 0.6 is 0 Å². The van der Waals surface area contributed by atoms with Crippen molar-refractivity contribution in [2.45, 2.75) is 32.9 Å². The van der Waals surface area contributed by atoms with Crippen molar-refractivity contribution in [2.75, 3.05) is 13.6 Å². The maximum atomic E-state index is 4.74. The average Bonchev–Trinajstić information content (AvgIpc) is 3.13. The number of nitrogens with zero attached hydrogens (tertiary/aromatic N) is 5. The molecule has 1 aliphatic heterocycles. The highest BCUT2D eigenvalue weighted by Crippen LogP contribution is 2.20. The molecule has 0 bridgehead atoms. The molecule has 1 aliphatic rings. The zero-order chi connectivity index (χ0) is 15.8. The summed E-state index contributed by atoms with van der Waals surface area (Å²) in [5.74, 6) is 1.93. The molecule has 3 aromatic rings. The van der Waals surface area contributed by atoms with E-state index in [0.717, 1.165) is 37.4 Å². The fourth-order valence-electron chi connectivity index (χ4n) is 3.64. The molecule has 5 nitrogen and oxygen atoms in total. The molecule has 0 saturated heterocycles. The number of rotatable bonds is 4. The van der Waals surface area contributed by atoms with Crippen LogP contribution in [0.5, 0.6) is 0 Å². The topological polar surface area (TPSA) is 38.4 Å². The SMILES string of the molecule is Cc1cccc2nc(CN(C)CC3CCc4nccn4C3)cn12. The normalized spacial score (nSPS) is 17.8. The minimum absolute atomic E-state index is 0.695. The van der Waals surface area contributed by atoms with Crippen molar-refractivity contribution in [3.63, 3.8) is 0 Å². The van der Waals surface area contributed by atoms with E-state index < -0.39 is 0 Å². The standard InChI is InChI=1S/C18H23N5/c1-14-4-3-5-18-20-16(13-23(14)18)12-21(2)10-15-6-7-17-19-8-9-22(17)11-15/h3-5,8-9,13,15H,6-7,10-12H2,1-2H3. The Morgan fingerprint density at radius 2 is 2.26 bits per heavy atom. The molecule has 0 radical (unpaired) electrons. The van der Waals surface area contributed by atoms with Crippen LogP contribution in [-0.4, -0.2) is 37.4 Å². The second kappa shape index (κ2) is 5.81. The van der Waals surface area contributed by atoms with Gasteiger partial charge in [-0.1, -0.05) is 6.07 Å². The van der Waals surface area contributed by atoms with Gasteiger partial charge in [0.2, 0.25) is 0 Å². The third-order valence-electron chi connectivity index (χ3n) is 4.78. The van der Waals surface area contributed by atoms with Gasteiger partial charge in [-0.25, -0.2) is 9.97 Å². The van der Waals surface area contributed by atoms with Crippen LogP contribution < -0.4 is 0 Å². The van der Waals surface area contributed by atoms with Crippen molar-refractivity contribution >= 4 is 5.65 Å². The number of aromatic nitrogens is 4. The van der Waals surface area contributed by atoms with Crippen LogP contribution in [0, 0.1) is 12.8 Å². The Morgan fingerprint density at radius 1 is 1.35 bits per heavy atom. The quantitative estimate of drug-likeness (QED) is 0.743. The summed E-state index contributed by atoms with van der Waals surface area (Å²) < 4.78 is 4.47. The summed E-state index contributed by atoms with van der Waals surface area (Å²) in [5.41, 5.74) is 3.40. The second-order valence-corrected chi connectivity index (χ2v) is 6.72. The Morgan fingerprint density at radius 3 is 3.13 bits per heavy atom. The first-order valence-electron chi connectivity index (χ1n) is 8.31. The van der Waals surface area contributed by atoms with Crippen LogP contribution in [0.25, 0.3) is 5.65 Å². The lowest BCUT2D eigenvalue weighted by molar-refractivity contribution is 0.227. The van der Waals surface area contributed by atoms with E-state index in [1.54, 1.807) is 0 Å². The van der Waals surface area contributed by atoms with Gasteiger partial charge in [0.1, 0.15) is 11.5 Å². The average molecular weight is 309 g/mol. The molecule has 23 heavy (non-hydrogen) atoms. The zero-order valence-corrected chi connectivity index (χ0v) is 13.8. The summed E-state index contributed by atoms with van der Waals surface area (Å²) in [7, 11) is 2.19. The monoisotopic (exact) mass is 309 g/mol. The van der Waals surface area contributed by atoms with Crippen LogP contribution in [0.1, 0.15) is 23.6 Å². The predicted molar refractivity (Wildman–Crippen MR) is 90.3 cm³/mol. The van der Waals surface area contributed by atoms with Crippen LogP contribution in [0.2, 0.25) is 0 Å². The van der Waals surface area contributed by atoms with Gasteiger partial charge in [0, 0.05) is 50.3 Å². The summed E-state index contributed by atoms with van der Waals surface area (Å²) in [4.78, 5) is 11.5. The number of fused-ring (bicyclic) bond motifs is 2. The largest absolute Gasteiger partial charge is 0.335 e. The third kappa shape index (κ3) is 2.88. The Kier molecular flexibility index (Phi) is 3.65. The summed E-state index contributed by atoms with van der Waals surface area (Å²) in [5, 5.41) is 0. The highest BCUT2D eigenvalue weighted by atomic mass is 15.1. The van der Waals surface area contributed by atoms with Crippen molar-refractivity contribution in [3.8, 4) is 0 Å². The first kappa shape index (κ1) is 14.5. The van der Waals surface area contributed by atoms with Gasteiger partial charge in [-0.3, -0.25) is 0 Å². The number of hydrogen-bond acceptors (Lipinski definition) is 3. The number of imidazole rings is 2. The minimum Gasteiger partial charge on any atom is -0.335 e. The number of aryl methyl sites for hydroxylation is 2. The van der Waals surface area contributed by atoms with E-state index in [1.807, 2.05) is 6.20 Å². The maximum absolute atomic E-state index is 4.74. The van der Waals surface area contributed by atoms with E-state index >= 15 is 0 Å². The lowest BCUT2D eigenvalue weighted by Crippen LogP contribution is -2.31. The Balaban J connectivity index is 1.41. The van der Waals surface area contributed by atoms with Crippen molar-refractivity contribution < 1.29 is 0 Å². The second-order valence-electron chi connectivity index (χ2n) is 6.72. The van der Waals surface area contributed by atoms with Crippen LogP contribution in [0.3, 0.4) is 0 Å². The Bertz CT molecular complexity index is 816. The summed E-state index contributed by atoms with van der Waals surface area (Å²) in [6.07, 6.45) is 8.51. The number of hydrogen-bond donors (Lipinski definition) is 0. The molecular formula is C18H23N5. The summed E-state index contributed by atoms with van der Waals surface area (Å²) in [6, 6.07) is 6.25. The van der Waals surface area contributed by atoms with E-state index in [9.17, 15) is 0 Å². The molecule has 4 heterocycles. The van der Waals surface area contributed by atoms with Gasteiger partial charge in [-0.05, 0) is 38.4 Å². The molecule has 0 N–H and O–H groups in total. The van der Waals surface area contributed by atoms with Gasteiger partial charge in [0.15, 0.2) is 0 Å². The maximum Gasteiger partial charge on any atom is 0.137 e. The number of pyridine rings is 1. The minimum atomic E-state index is 0.695. The van der Waals surface area contributed by atoms with Crippen LogP contribution in [0.15, 0.2) is 36.8 Å². The molecule has 0 aromatic carbocycles. The van der Waals surface area contributed by atoms with Gasteiger partial charge in [0.05, 0.1) is 5.69 Å². The van der Waals surface area contributed by atoms with Crippen LogP contribution in [0.4, 0.5) is 0 Å². The molecule has 4 rings (SSSR count). The van der Waals surface area contributed by atoms with E-state index in [4.69, 9.17) is 4.98 Å². The molecule has 5 heteroatoms. The molecule has 0 fully saturated rings. The first-order chi connectivity index (χ1) is 11.2. The molecule has 3 aromatic heterocycles. The van der Waals surface area contributed by atoms with Crippen molar-refractivity contribution in [2.24, 2.45) is 5.92 Å². The first-order valence-corrected chi connectivity index (χ1v) is 8.31. The van der Waals surface area contributed by atoms with E-state index in [2.05, 4.69) is 63.4 Å². The van der Waals surface area contributed by atoms with Gasteiger partial charge >= 0.3 is 0 Å². The van der Waals surface area contributed by atoms with E-state index in [-0.39, 0.29) is 0 Å². The molecule has 0 aliphatic carbocycles. The molecule has 0 spiro atoms. The molecular weight excluding hydrogens is 286 g/mol.